The number of hydrogen-bond donors (Lipinski definition) is 3. The summed E-state index contributed by atoms with van der Waals surface area (Å²) < 4.78 is 6.48. The first kappa shape index (κ1) is 16.5. The van der Waals surface area contributed by atoms with Crippen LogP contribution in [-0.2, 0) is 16.1 Å². The lowest BCUT2D eigenvalue weighted by Gasteiger charge is -2.06. The number of hydrogen-bond acceptors (Lipinski definition) is 5. The molecule has 0 fully saturated rings. The van der Waals surface area contributed by atoms with Gasteiger partial charge in [0.25, 0.3) is 0 Å². The van der Waals surface area contributed by atoms with E-state index in [2.05, 4.69) is 15.7 Å². The molecular formula is C15H19N5O3. The molecular weight excluding hydrogens is 298 g/mol. The Morgan fingerprint density at radius 3 is 2.57 bits per heavy atom. The van der Waals surface area contributed by atoms with Crippen molar-refractivity contribution in [3.8, 4) is 5.75 Å². The SMILES string of the molecule is COc1ccc(NC(=O)Cn2cc(NC(=O)[C@H](C)N)cn2)cc1. The monoisotopic (exact) mass is 317 g/mol. The summed E-state index contributed by atoms with van der Waals surface area (Å²) >= 11 is 0. The van der Waals surface area contributed by atoms with Crippen LogP contribution in [0, 0.1) is 0 Å². The molecule has 0 aliphatic heterocycles. The number of ether oxygens (including phenoxy) is 1. The van der Waals surface area contributed by atoms with Crippen LogP contribution in [0.25, 0.3) is 0 Å². The van der Waals surface area contributed by atoms with Gasteiger partial charge in [-0.25, -0.2) is 0 Å². The highest BCUT2D eigenvalue weighted by Crippen LogP contribution is 2.15. The van der Waals surface area contributed by atoms with Crippen LogP contribution < -0.4 is 21.1 Å². The van der Waals surface area contributed by atoms with Crippen molar-refractivity contribution in [3.63, 3.8) is 0 Å². The van der Waals surface area contributed by atoms with Crippen LogP contribution in [0.5, 0.6) is 5.75 Å². The van der Waals surface area contributed by atoms with Crippen LogP contribution in [0.15, 0.2) is 36.7 Å². The highest BCUT2D eigenvalue weighted by molar-refractivity contribution is 5.94. The van der Waals surface area contributed by atoms with Crippen LogP contribution in [0.3, 0.4) is 0 Å². The van der Waals surface area contributed by atoms with E-state index in [-0.39, 0.29) is 18.4 Å². The molecule has 1 heterocycles. The maximum absolute atomic E-state index is 12.0. The fourth-order valence-electron chi connectivity index (χ4n) is 1.79. The molecule has 1 aromatic heterocycles. The molecule has 4 N–H and O–H groups in total. The standard InChI is InChI=1S/C15H19N5O3/c1-10(16)15(22)19-12-7-17-20(8-12)9-14(21)18-11-3-5-13(23-2)6-4-11/h3-8,10H,9,16H2,1-2H3,(H,18,21)(H,19,22)/t10-/m0/s1. The van der Waals surface area contributed by atoms with Crippen LogP contribution in [0.1, 0.15) is 6.92 Å². The average Bonchev–Trinajstić information content (AvgIpc) is 2.94. The first-order valence-corrected chi connectivity index (χ1v) is 7.00. The van der Waals surface area contributed by atoms with E-state index in [4.69, 9.17) is 10.5 Å². The van der Waals surface area contributed by atoms with Crippen molar-refractivity contribution in [2.75, 3.05) is 17.7 Å². The summed E-state index contributed by atoms with van der Waals surface area (Å²) in [5.74, 6) is 0.167. The van der Waals surface area contributed by atoms with E-state index in [0.717, 1.165) is 0 Å². The molecule has 0 radical (unpaired) electrons. The molecule has 0 saturated carbocycles. The van der Waals surface area contributed by atoms with Gasteiger partial charge in [0.2, 0.25) is 11.8 Å². The number of nitrogens with two attached hydrogens (primary N) is 1. The third-order valence-electron chi connectivity index (χ3n) is 2.99. The Morgan fingerprint density at radius 1 is 1.26 bits per heavy atom. The summed E-state index contributed by atoms with van der Waals surface area (Å²) in [5, 5.41) is 9.37. The van der Waals surface area contributed by atoms with Gasteiger partial charge >= 0.3 is 0 Å². The quantitative estimate of drug-likeness (QED) is 0.730. The number of aromatic nitrogens is 2. The van der Waals surface area contributed by atoms with Gasteiger partial charge in [0.1, 0.15) is 12.3 Å². The molecule has 2 rings (SSSR count). The Hall–Kier alpha value is -2.87. The predicted molar refractivity (Wildman–Crippen MR) is 86.1 cm³/mol. The van der Waals surface area contributed by atoms with Gasteiger partial charge in [-0.15, -0.1) is 0 Å². The summed E-state index contributed by atoms with van der Waals surface area (Å²) in [5.41, 5.74) is 6.62. The van der Waals surface area contributed by atoms with Gasteiger partial charge in [-0.2, -0.15) is 5.10 Å². The van der Waals surface area contributed by atoms with Crippen molar-refractivity contribution >= 4 is 23.2 Å². The number of methoxy groups -OCH3 is 1. The summed E-state index contributed by atoms with van der Waals surface area (Å²) in [6.45, 7) is 1.61. The zero-order valence-electron chi connectivity index (χ0n) is 12.9. The molecule has 1 atom stereocenters. The molecule has 2 amide bonds. The zero-order chi connectivity index (χ0) is 16.8. The second-order valence-electron chi connectivity index (χ2n) is 4.98. The largest absolute Gasteiger partial charge is 0.497 e. The lowest BCUT2D eigenvalue weighted by atomic mass is 10.3. The minimum Gasteiger partial charge on any atom is -0.497 e. The Kier molecular flexibility index (Phi) is 5.32. The number of amides is 2. The zero-order valence-corrected chi connectivity index (χ0v) is 12.9. The molecule has 23 heavy (non-hydrogen) atoms. The summed E-state index contributed by atoms with van der Waals surface area (Å²) in [4.78, 5) is 23.4. The maximum Gasteiger partial charge on any atom is 0.246 e. The van der Waals surface area contributed by atoms with E-state index in [1.54, 1.807) is 44.5 Å². The molecule has 0 aliphatic carbocycles. The molecule has 122 valence electrons. The van der Waals surface area contributed by atoms with E-state index in [9.17, 15) is 9.59 Å². The molecule has 0 saturated heterocycles. The van der Waals surface area contributed by atoms with Gasteiger partial charge in [0.15, 0.2) is 0 Å². The van der Waals surface area contributed by atoms with E-state index >= 15 is 0 Å². The molecule has 0 spiro atoms. The molecule has 0 bridgehead atoms. The number of rotatable bonds is 6. The van der Waals surface area contributed by atoms with E-state index in [1.807, 2.05) is 0 Å². The number of nitrogens with one attached hydrogen (secondary N) is 2. The Labute approximate surface area is 133 Å². The van der Waals surface area contributed by atoms with Gasteiger partial charge < -0.3 is 21.1 Å². The summed E-state index contributed by atoms with van der Waals surface area (Å²) in [6, 6.07) is 6.38. The molecule has 8 heteroatoms. The van der Waals surface area contributed by atoms with Crippen molar-refractivity contribution in [3.05, 3.63) is 36.7 Å². The van der Waals surface area contributed by atoms with Crippen molar-refractivity contribution in [2.45, 2.75) is 19.5 Å². The van der Waals surface area contributed by atoms with E-state index in [0.29, 0.717) is 17.1 Å². The Balaban J connectivity index is 1.90. The number of carbonyl (C=O) groups excluding carboxylic acids is 2. The molecule has 8 nitrogen and oxygen atoms in total. The second kappa shape index (κ2) is 7.41. The fourth-order valence-corrected chi connectivity index (χ4v) is 1.79. The number of carbonyl (C=O) groups is 2. The van der Waals surface area contributed by atoms with Crippen molar-refractivity contribution in [1.82, 2.24) is 9.78 Å². The Bertz CT molecular complexity index is 679. The fraction of sp³-hybridized carbons (Fsp3) is 0.267. The van der Waals surface area contributed by atoms with Gasteiger partial charge in [-0.05, 0) is 31.2 Å². The molecule has 1 aromatic carbocycles. The number of anilines is 2. The lowest BCUT2D eigenvalue weighted by molar-refractivity contribution is -0.117. The van der Waals surface area contributed by atoms with Crippen LogP contribution in [0.4, 0.5) is 11.4 Å². The first-order chi connectivity index (χ1) is 11.0. The van der Waals surface area contributed by atoms with E-state index in [1.165, 1.54) is 10.9 Å². The van der Waals surface area contributed by atoms with Crippen LogP contribution in [0.2, 0.25) is 0 Å². The smallest absolute Gasteiger partial charge is 0.246 e. The van der Waals surface area contributed by atoms with Crippen molar-refractivity contribution < 1.29 is 14.3 Å². The number of nitrogens with zero attached hydrogens (tertiary/aromatic N) is 2. The predicted octanol–water partition coefficient (Wildman–Crippen LogP) is 0.816. The van der Waals surface area contributed by atoms with Crippen LogP contribution >= 0.6 is 0 Å². The lowest BCUT2D eigenvalue weighted by Crippen LogP contribution is -2.32. The molecule has 0 aliphatic rings. The third kappa shape index (κ3) is 4.82. The van der Waals surface area contributed by atoms with Gasteiger partial charge in [0, 0.05) is 11.9 Å². The van der Waals surface area contributed by atoms with Crippen molar-refractivity contribution in [2.24, 2.45) is 5.73 Å². The normalized spacial score (nSPS) is 11.6. The van der Waals surface area contributed by atoms with Gasteiger partial charge in [-0.1, -0.05) is 0 Å². The first-order valence-electron chi connectivity index (χ1n) is 7.00. The van der Waals surface area contributed by atoms with E-state index < -0.39 is 6.04 Å². The third-order valence-corrected chi connectivity index (χ3v) is 2.99. The minimum absolute atomic E-state index is 0.0279. The Morgan fingerprint density at radius 2 is 1.96 bits per heavy atom. The highest BCUT2D eigenvalue weighted by Gasteiger charge is 2.10. The maximum atomic E-state index is 12.0. The topological polar surface area (TPSA) is 111 Å². The minimum atomic E-state index is -0.614. The second-order valence-corrected chi connectivity index (χ2v) is 4.98. The molecule has 0 unspecified atom stereocenters. The van der Waals surface area contributed by atoms with Crippen LogP contribution in [-0.4, -0.2) is 34.7 Å². The summed E-state index contributed by atoms with van der Waals surface area (Å²) in [7, 11) is 1.58. The van der Waals surface area contributed by atoms with Crippen molar-refractivity contribution in [1.29, 1.82) is 0 Å². The molecule has 2 aromatic rings. The van der Waals surface area contributed by atoms with Gasteiger partial charge in [-0.3, -0.25) is 14.3 Å². The summed E-state index contributed by atoms with van der Waals surface area (Å²) in [6.07, 6.45) is 3.02. The highest BCUT2D eigenvalue weighted by atomic mass is 16.5. The van der Waals surface area contributed by atoms with Gasteiger partial charge in [0.05, 0.1) is 25.0 Å². The average molecular weight is 317 g/mol. The number of benzene rings is 1.